The molecule has 8 heteroatoms. The fourth-order valence-electron chi connectivity index (χ4n) is 2.65. The van der Waals surface area contributed by atoms with E-state index in [0.717, 1.165) is 50.8 Å². The molecule has 1 saturated heterocycles. The van der Waals surface area contributed by atoms with Crippen molar-refractivity contribution in [3.8, 4) is 0 Å². The molecule has 1 fully saturated rings. The highest BCUT2D eigenvalue weighted by atomic mass is 16.5. The quantitative estimate of drug-likeness (QED) is 0.815. The van der Waals surface area contributed by atoms with E-state index in [1.54, 1.807) is 0 Å². The Balaban J connectivity index is 1.52. The minimum absolute atomic E-state index is 0.155. The van der Waals surface area contributed by atoms with Crippen LogP contribution >= 0.6 is 0 Å². The summed E-state index contributed by atoms with van der Waals surface area (Å²) in [7, 11) is 0. The minimum atomic E-state index is 0.155. The highest BCUT2D eigenvalue weighted by Gasteiger charge is 2.26. The third-order valence-corrected chi connectivity index (χ3v) is 4.05. The Morgan fingerprint density at radius 2 is 1.77 bits per heavy atom. The Labute approximate surface area is 129 Å². The second-order valence-electron chi connectivity index (χ2n) is 5.62. The zero-order valence-electron chi connectivity index (χ0n) is 13.3. The molecule has 0 bridgehead atoms. The van der Waals surface area contributed by atoms with Gasteiger partial charge in [-0.15, -0.1) is 0 Å². The lowest BCUT2D eigenvalue weighted by Gasteiger charge is -2.36. The van der Waals surface area contributed by atoms with Gasteiger partial charge in [-0.1, -0.05) is 17.2 Å². The van der Waals surface area contributed by atoms with Crippen LogP contribution in [0.5, 0.6) is 0 Å². The molecular weight excluding hydrogens is 284 g/mol. The van der Waals surface area contributed by atoms with Crippen LogP contribution in [0, 0.1) is 6.92 Å². The van der Waals surface area contributed by atoms with Crippen molar-refractivity contribution < 1.29 is 9.05 Å². The Bertz CT molecular complexity index is 602. The van der Waals surface area contributed by atoms with E-state index in [4.69, 9.17) is 9.05 Å². The molecule has 22 heavy (non-hydrogen) atoms. The van der Waals surface area contributed by atoms with Gasteiger partial charge in [-0.25, -0.2) is 0 Å². The summed E-state index contributed by atoms with van der Waals surface area (Å²) >= 11 is 0. The zero-order chi connectivity index (χ0) is 15.5. The largest absolute Gasteiger partial charge is 0.340 e. The maximum Gasteiger partial charge on any atom is 0.243 e. The van der Waals surface area contributed by atoms with Crippen molar-refractivity contribution >= 4 is 0 Å². The molecule has 120 valence electrons. The predicted octanol–water partition coefficient (Wildman–Crippen LogP) is 1.20. The second kappa shape index (κ2) is 6.53. The number of rotatable bonds is 5. The monoisotopic (exact) mass is 306 g/mol. The Morgan fingerprint density at radius 1 is 1.05 bits per heavy atom. The first-order valence-electron chi connectivity index (χ1n) is 7.73. The van der Waals surface area contributed by atoms with Crippen molar-refractivity contribution in [2.24, 2.45) is 0 Å². The third kappa shape index (κ3) is 3.33. The summed E-state index contributed by atoms with van der Waals surface area (Å²) in [6.45, 7) is 10.5. The predicted molar refractivity (Wildman–Crippen MR) is 78.0 cm³/mol. The molecular formula is C14H22N6O2. The van der Waals surface area contributed by atoms with Crippen LogP contribution in [0.3, 0.4) is 0 Å². The summed E-state index contributed by atoms with van der Waals surface area (Å²) in [5.41, 5.74) is 0. The number of piperazine rings is 1. The third-order valence-electron chi connectivity index (χ3n) is 4.05. The number of aromatic nitrogens is 4. The molecule has 8 nitrogen and oxygen atoms in total. The Hall–Kier alpha value is -1.80. The van der Waals surface area contributed by atoms with Crippen LogP contribution in [-0.4, -0.2) is 56.3 Å². The van der Waals surface area contributed by atoms with Crippen molar-refractivity contribution in [3.63, 3.8) is 0 Å². The van der Waals surface area contributed by atoms with E-state index in [2.05, 4.69) is 37.0 Å². The molecule has 0 N–H and O–H groups in total. The van der Waals surface area contributed by atoms with E-state index in [1.165, 1.54) is 0 Å². The van der Waals surface area contributed by atoms with E-state index in [0.29, 0.717) is 11.8 Å². The lowest BCUT2D eigenvalue weighted by atomic mass is 10.2. The van der Waals surface area contributed by atoms with E-state index in [1.807, 2.05) is 13.8 Å². The van der Waals surface area contributed by atoms with Gasteiger partial charge in [0, 0.05) is 39.5 Å². The van der Waals surface area contributed by atoms with Gasteiger partial charge in [-0.2, -0.15) is 9.97 Å². The lowest BCUT2D eigenvalue weighted by Crippen LogP contribution is -2.46. The summed E-state index contributed by atoms with van der Waals surface area (Å²) in [6.07, 6.45) is 0.800. The van der Waals surface area contributed by atoms with Gasteiger partial charge in [0.1, 0.15) is 0 Å². The molecule has 3 heterocycles. The molecule has 0 saturated carbocycles. The lowest BCUT2D eigenvalue weighted by molar-refractivity contribution is 0.0827. The number of hydrogen-bond acceptors (Lipinski definition) is 8. The Morgan fingerprint density at radius 3 is 2.36 bits per heavy atom. The van der Waals surface area contributed by atoms with Crippen LogP contribution in [0.4, 0.5) is 0 Å². The molecule has 2 aromatic heterocycles. The first-order chi connectivity index (χ1) is 10.7. The zero-order valence-corrected chi connectivity index (χ0v) is 13.3. The number of hydrogen-bond donors (Lipinski definition) is 0. The molecule has 1 aliphatic heterocycles. The van der Waals surface area contributed by atoms with Crippen LogP contribution < -0.4 is 0 Å². The fourth-order valence-corrected chi connectivity index (χ4v) is 2.65. The minimum Gasteiger partial charge on any atom is -0.340 e. The van der Waals surface area contributed by atoms with Crippen LogP contribution in [-0.2, 0) is 13.0 Å². The smallest absolute Gasteiger partial charge is 0.243 e. The van der Waals surface area contributed by atoms with Gasteiger partial charge in [0.25, 0.3) is 0 Å². The number of nitrogens with zero attached hydrogens (tertiary/aromatic N) is 6. The van der Waals surface area contributed by atoms with Gasteiger partial charge in [0.05, 0.1) is 12.6 Å². The molecule has 2 aromatic rings. The van der Waals surface area contributed by atoms with E-state index in [-0.39, 0.29) is 6.04 Å². The first-order valence-corrected chi connectivity index (χ1v) is 7.73. The molecule has 0 amide bonds. The molecule has 0 radical (unpaired) electrons. The van der Waals surface area contributed by atoms with Gasteiger partial charge in [0.2, 0.25) is 11.8 Å². The average molecular weight is 306 g/mol. The molecule has 0 aliphatic carbocycles. The van der Waals surface area contributed by atoms with E-state index in [9.17, 15) is 0 Å². The Kier molecular flexibility index (Phi) is 4.49. The summed E-state index contributed by atoms with van der Waals surface area (Å²) in [5, 5.41) is 7.92. The first kappa shape index (κ1) is 15.1. The van der Waals surface area contributed by atoms with Crippen LogP contribution in [0.2, 0.25) is 0 Å². The maximum atomic E-state index is 5.35. The number of aryl methyl sites for hydroxylation is 2. The van der Waals surface area contributed by atoms with Crippen molar-refractivity contribution in [2.45, 2.75) is 39.8 Å². The molecule has 0 spiro atoms. The summed E-state index contributed by atoms with van der Waals surface area (Å²) < 4.78 is 10.4. The molecule has 1 atom stereocenters. The average Bonchev–Trinajstić information content (AvgIpc) is 3.16. The highest BCUT2D eigenvalue weighted by Crippen LogP contribution is 2.20. The van der Waals surface area contributed by atoms with Gasteiger partial charge < -0.3 is 9.05 Å². The van der Waals surface area contributed by atoms with Crippen molar-refractivity contribution in [1.82, 2.24) is 30.1 Å². The second-order valence-corrected chi connectivity index (χ2v) is 5.62. The maximum absolute atomic E-state index is 5.35. The van der Waals surface area contributed by atoms with Gasteiger partial charge in [0.15, 0.2) is 11.6 Å². The summed E-state index contributed by atoms with van der Waals surface area (Å²) in [5.74, 6) is 2.85. The van der Waals surface area contributed by atoms with Gasteiger partial charge >= 0.3 is 0 Å². The standard InChI is InChI=1S/C14H22N6O2/c1-4-12-16-14(22-17-12)10(2)20-7-5-19(6-8-20)9-13-15-11(3)21-18-13/h10H,4-9H2,1-3H3/t10-/m0/s1. The SMILES string of the molecule is CCc1noc([C@H](C)N2CCN(Cc3noc(C)n3)CC2)n1. The van der Waals surface area contributed by atoms with Crippen molar-refractivity contribution in [2.75, 3.05) is 26.2 Å². The topological polar surface area (TPSA) is 84.3 Å². The molecule has 0 unspecified atom stereocenters. The van der Waals surface area contributed by atoms with E-state index < -0.39 is 0 Å². The van der Waals surface area contributed by atoms with Crippen LogP contribution in [0.1, 0.15) is 43.3 Å². The molecule has 1 aliphatic rings. The van der Waals surface area contributed by atoms with Gasteiger partial charge in [-0.3, -0.25) is 9.80 Å². The summed E-state index contributed by atoms with van der Waals surface area (Å²) in [4.78, 5) is 13.4. The normalized spacial score (nSPS) is 18.7. The van der Waals surface area contributed by atoms with Crippen LogP contribution in [0.15, 0.2) is 9.05 Å². The molecule has 3 rings (SSSR count). The van der Waals surface area contributed by atoms with Crippen molar-refractivity contribution in [3.05, 3.63) is 23.4 Å². The van der Waals surface area contributed by atoms with Crippen LogP contribution in [0.25, 0.3) is 0 Å². The highest BCUT2D eigenvalue weighted by molar-refractivity contribution is 4.93. The molecule has 0 aromatic carbocycles. The fraction of sp³-hybridized carbons (Fsp3) is 0.714. The van der Waals surface area contributed by atoms with E-state index >= 15 is 0 Å². The van der Waals surface area contributed by atoms with Crippen molar-refractivity contribution in [1.29, 1.82) is 0 Å². The summed E-state index contributed by atoms with van der Waals surface area (Å²) in [6, 6.07) is 0.155. The van der Waals surface area contributed by atoms with Gasteiger partial charge in [-0.05, 0) is 6.92 Å².